The third kappa shape index (κ3) is 2.57. The lowest BCUT2D eigenvalue weighted by Gasteiger charge is -2.33. The van der Waals surface area contributed by atoms with Gasteiger partial charge < -0.3 is 5.21 Å². The number of thiophene rings is 1. The molecule has 0 saturated heterocycles. The summed E-state index contributed by atoms with van der Waals surface area (Å²) in [5.74, 6) is 0.327. The van der Waals surface area contributed by atoms with Crippen LogP contribution in [0.3, 0.4) is 0 Å². The summed E-state index contributed by atoms with van der Waals surface area (Å²) in [6.45, 7) is 0. The highest BCUT2D eigenvalue weighted by atomic mass is 32.1. The first-order chi connectivity index (χ1) is 13.3. The molecule has 0 spiro atoms. The van der Waals surface area contributed by atoms with Gasteiger partial charge in [-0.3, -0.25) is 5.10 Å². The van der Waals surface area contributed by atoms with Crippen molar-refractivity contribution < 1.29 is 5.21 Å². The van der Waals surface area contributed by atoms with Gasteiger partial charge in [-0.05, 0) is 40.8 Å². The van der Waals surface area contributed by atoms with Crippen molar-refractivity contribution in [2.75, 3.05) is 0 Å². The Morgan fingerprint density at radius 2 is 2.04 bits per heavy atom. The Morgan fingerprint density at radius 3 is 2.70 bits per heavy atom. The van der Waals surface area contributed by atoms with Crippen molar-refractivity contribution in [3.05, 3.63) is 81.3 Å². The average Bonchev–Trinajstić information content (AvgIpc) is 3.35. The molecule has 0 aliphatic heterocycles. The maximum Gasteiger partial charge on any atom is 0.117 e. The summed E-state index contributed by atoms with van der Waals surface area (Å²) in [6, 6.07) is 12.8. The van der Waals surface area contributed by atoms with E-state index in [4.69, 9.17) is 0 Å². The molecule has 4 nitrogen and oxygen atoms in total. The molecule has 136 valence electrons. The van der Waals surface area contributed by atoms with Crippen molar-refractivity contribution in [3.63, 3.8) is 0 Å². The molecule has 1 saturated carbocycles. The standard InChI is InChI=1S/C22H21N3OS/c26-25-20(15-5-4-6-15)21-18-9-11-22(13-19(18)23-24-21,17-10-12-27-14-17)16-7-2-1-3-8-16/h1-3,7-12,14-15,26H,4-6,13H2,(H,23,24)/b25-20+. The SMILES string of the molecule is O/N=C(/c1n[nH]c2c1C=CC(c1ccccc1)(c1ccsc1)C2)C1CCC1. The summed E-state index contributed by atoms with van der Waals surface area (Å²) >= 11 is 1.72. The maximum absolute atomic E-state index is 9.58. The fraction of sp³-hybridized carbons (Fsp3) is 0.273. The van der Waals surface area contributed by atoms with Crippen LogP contribution in [-0.4, -0.2) is 21.1 Å². The number of hydrogen-bond donors (Lipinski definition) is 2. The number of aromatic amines is 1. The number of benzene rings is 1. The van der Waals surface area contributed by atoms with Crippen LogP contribution in [0.2, 0.25) is 0 Å². The van der Waals surface area contributed by atoms with E-state index in [-0.39, 0.29) is 5.41 Å². The third-order valence-corrected chi connectivity index (χ3v) is 6.72. The van der Waals surface area contributed by atoms with Crippen molar-refractivity contribution in [1.29, 1.82) is 0 Å². The van der Waals surface area contributed by atoms with Crippen molar-refractivity contribution in [2.24, 2.45) is 11.1 Å². The smallest absolute Gasteiger partial charge is 0.117 e. The highest BCUT2D eigenvalue weighted by Gasteiger charge is 2.38. The van der Waals surface area contributed by atoms with Crippen LogP contribution in [0.15, 0.2) is 58.4 Å². The van der Waals surface area contributed by atoms with Crippen LogP contribution in [0.4, 0.5) is 0 Å². The highest BCUT2D eigenvalue weighted by molar-refractivity contribution is 7.08. The molecule has 2 N–H and O–H groups in total. The minimum Gasteiger partial charge on any atom is -0.411 e. The molecule has 3 aromatic rings. The largest absolute Gasteiger partial charge is 0.411 e. The molecule has 1 unspecified atom stereocenters. The number of nitrogens with one attached hydrogen (secondary N) is 1. The van der Waals surface area contributed by atoms with Gasteiger partial charge in [-0.25, -0.2) is 0 Å². The molecule has 0 amide bonds. The second kappa shape index (κ2) is 6.50. The van der Waals surface area contributed by atoms with E-state index in [9.17, 15) is 5.21 Å². The Morgan fingerprint density at radius 1 is 1.19 bits per heavy atom. The maximum atomic E-state index is 9.58. The molecule has 0 bridgehead atoms. The van der Waals surface area contributed by atoms with Crippen LogP contribution >= 0.6 is 11.3 Å². The Balaban J connectivity index is 1.60. The zero-order valence-corrected chi connectivity index (χ0v) is 15.7. The van der Waals surface area contributed by atoms with Gasteiger partial charge in [0.05, 0.1) is 0 Å². The Bertz CT molecular complexity index is 1000. The van der Waals surface area contributed by atoms with Gasteiger partial charge in [0.15, 0.2) is 0 Å². The molecular weight excluding hydrogens is 354 g/mol. The number of H-pyrrole nitrogens is 1. The number of fused-ring (bicyclic) bond motifs is 1. The lowest BCUT2D eigenvalue weighted by Crippen LogP contribution is -2.30. The Hall–Kier alpha value is -2.66. The van der Waals surface area contributed by atoms with Crippen molar-refractivity contribution in [1.82, 2.24) is 10.2 Å². The highest BCUT2D eigenvalue weighted by Crippen LogP contribution is 2.43. The predicted octanol–water partition coefficient (Wildman–Crippen LogP) is 5.01. The second-order valence-corrected chi connectivity index (χ2v) is 8.22. The summed E-state index contributed by atoms with van der Waals surface area (Å²) < 4.78 is 0. The van der Waals surface area contributed by atoms with Gasteiger partial charge in [0.25, 0.3) is 0 Å². The van der Waals surface area contributed by atoms with Gasteiger partial charge in [-0.2, -0.15) is 16.4 Å². The van der Waals surface area contributed by atoms with E-state index in [1.807, 2.05) is 0 Å². The number of aromatic nitrogens is 2. The molecule has 2 aliphatic carbocycles. The van der Waals surface area contributed by atoms with Gasteiger partial charge in [0.2, 0.25) is 0 Å². The molecule has 2 aromatic heterocycles. The molecular formula is C22H21N3OS. The molecule has 27 heavy (non-hydrogen) atoms. The van der Waals surface area contributed by atoms with Crippen LogP contribution < -0.4 is 0 Å². The Labute approximate surface area is 162 Å². The van der Waals surface area contributed by atoms with Crippen LogP contribution in [0, 0.1) is 5.92 Å². The summed E-state index contributed by atoms with van der Waals surface area (Å²) in [6.07, 6.45) is 8.62. The first-order valence-corrected chi connectivity index (χ1v) is 10.3. The third-order valence-electron chi connectivity index (χ3n) is 6.04. The van der Waals surface area contributed by atoms with Crippen LogP contribution in [0.25, 0.3) is 6.08 Å². The summed E-state index contributed by atoms with van der Waals surface area (Å²) in [5, 5.41) is 25.3. The molecule has 0 radical (unpaired) electrons. The fourth-order valence-electron chi connectivity index (χ4n) is 4.28. The first-order valence-electron chi connectivity index (χ1n) is 9.39. The van der Waals surface area contributed by atoms with Gasteiger partial charge >= 0.3 is 0 Å². The number of rotatable bonds is 4. The zero-order valence-electron chi connectivity index (χ0n) is 14.9. The van der Waals surface area contributed by atoms with Crippen LogP contribution in [-0.2, 0) is 11.8 Å². The summed E-state index contributed by atoms with van der Waals surface area (Å²) in [4.78, 5) is 0. The lowest BCUT2D eigenvalue weighted by atomic mass is 9.69. The lowest BCUT2D eigenvalue weighted by molar-refractivity contribution is 0.305. The van der Waals surface area contributed by atoms with Crippen molar-refractivity contribution in [2.45, 2.75) is 31.1 Å². The van der Waals surface area contributed by atoms with Crippen LogP contribution in [0.1, 0.15) is 47.3 Å². The second-order valence-electron chi connectivity index (χ2n) is 7.44. The van der Waals surface area contributed by atoms with E-state index in [0.29, 0.717) is 5.92 Å². The zero-order chi connectivity index (χ0) is 18.3. The molecule has 2 heterocycles. The minimum atomic E-state index is -0.203. The van der Waals surface area contributed by atoms with Gasteiger partial charge in [0, 0.05) is 29.0 Å². The van der Waals surface area contributed by atoms with Crippen molar-refractivity contribution >= 4 is 23.1 Å². The van der Waals surface area contributed by atoms with E-state index in [0.717, 1.165) is 41.9 Å². The minimum absolute atomic E-state index is 0.203. The number of allylic oxidation sites excluding steroid dienone is 1. The number of nitrogens with zero attached hydrogens (tertiary/aromatic N) is 2. The fourth-order valence-corrected chi connectivity index (χ4v) is 5.02. The summed E-state index contributed by atoms with van der Waals surface area (Å²) in [7, 11) is 0. The van der Waals surface area contributed by atoms with E-state index >= 15 is 0 Å². The average molecular weight is 375 g/mol. The van der Waals surface area contributed by atoms with Crippen LogP contribution in [0.5, 0.6) is 0 Å². The normalized spacial score (nSPS) is 22.4. The van der Waals surface area contributed by atoms with Gasteiger partial charge in [-0.1, -0.05) is 54.1 Å². The monoisotopic (exact) mass is 375 g/mol. The summed E-state index contributed by atoms with van der Waals surface area (Å²) in [5.41, 5.74) is 6.07. The van der Waals surface area contributed by atoms with E-state index < -0.39 is 0 Å². The predicted molar refractivity (Wildman–Crippen MR) is 109 cm³/mol. The number of hydrogen-bond acceptors (Lipinski definition) is 4. The quantitative estimate of drug-likeness (QED) is 0.383. The molecule has 1 aromatic carbocycles. The number of oxime groups is 1. The van der Waals surface area contributed by atoms with Gasteiger partial charge in [0.1, 0.15) is 11.4 Å². The topological polar surface area (TPSA) is 61.3 Å². The molecule has 1 atom stereocenters. The van der Waals surface area contributed by atoms with Crippen molar-refractivity contribution in [3.8, 4) is 0 Å². The molecule has 1 fully saturated rings. The molecule has 5 heteroatoms. The Kier molecular flexibility index (Phi) is 3.97. The molecule has 5 rings (SSSR count). The van der Waals surface area contributed by atoms with Gasteiger partial charge in [-0.15, -0.1) is 0 Å². The van der Waals surface area contributed by atoms with E-state index in [2.05, 4.69) is 74.7 Å². The van der Waals surface area contributed by atoms with E-state index in [1.54, 1.807) is 11.3 Å². The molecule has 2 aliphatic rings. The first kappa shape index (κ1) is 16.5. The van der Waals surface area contributed by atoms with E-state index in [1.165, 1.54) is 17.5 Å².